The Balaban J connectivity index is 2.21. The average molecular weight is 1260 g/mol. The molecule has 0 saturated heterocycles. The molecule has 22 unspecified atom stereocenters. The molecule has 22 atom stereocenters. The number of hydrogen-bond acceptors (Lipinski definition) is 21. The van der Waals surface area contributed by atoms with E-state index in [-0.39, 0.29) is 55.8 Å². The molecule has 2 aromatic rings. The molecule has 8 N–H and O–H groups in total. The Morgan fingerprint density at radius 2 is 0.900 bits per heavy atom. The molecule has 2 saturated carbocycles. The zero-order valence-corrected chi connectivity index (χ0v) is 55.6. The summed E-state index contributed by atoms with van der Waals surface area (Å²) >= 11 is 0. The Kier molecular flexibility index (Phi) is 27.7. The summed E-state index contributed by atoms with van der Waals surface area (Å²) in [5, 5.41) is 73.4. The van der Waals surface area contributed by atoms with Crippen LogP contribution in [0.5, 0.6) is 0 Å². The third-order valence-electron chi connectivity index (χ3n) is 21.6. The molecule has 22 heteroatoms. The predicted molar refractivity (Wildman–Crippen MR) is 336 cm³/mol. The van der Waals surface area contributed by atoms with Gasteiger partial charge in [0.15, 0.2) is 0 Å². The van der Waals surface area contributed by atoms with E-state index in [0.717, 1.165) is 24.1 Å². The van der Waals surface area contributed by atoms with E-state index < -0.39 is 142 Å². The topological polar surface area (TPSA) is 380 Å². The second-order valence-corrected chi connectivity index (χ2v) is 29.3. The van der Waals surface area contributed by atoms with E-state index in [2.05, 4.69) is 20.5 Å². The summed E-state index contributed by atoms with van der Waals surface area (Å²) < 4.78 is 1.83. The van der Waals surface area contributed by atoms with E-state index in [1.165, 1.54) is 41.5 Å². The van der Waals surface area contributed by atoms with Crippen LogP contribution in [0.3, 0.4) is 0 Å². The molecule has 90 heavy (non-hydrogen) atoms. The summed E-state index contributed by atoms with van der Waals surface area (Å²) in [7, 11) is 0. The van der Waals surface area contributed by atoms with Crippen LogP contribution in [0.1, 0.15) is 171 Å². The number of benzene rings is 1. The lowest BCUT2D eigenvalue weighted by atomic mass is 9.54. The zero-order chi connectivity index (χ0) is 68.0. The van der Waals surface area contributed by atoms with Crippen LogP contribution >= 0.6 is 0 Å². The van der Waals surface area contributed by atoms with Crippen LogP contribution in [0.4, 0.5) is 0 Å². The van der Waals surface area contributed by atoms with Crippen LogP contribution in [0.15, 0.2) is 57.0 Å². The zero-order valence-electron chi connectivity index (χ0n) is 55.6. The number of rotatable bonds is 25. The fraction of sp³-hybridized carbons (Fsp3) is 0.750. The van der Waals surface area contributed by atoms with Crippen molar-refractivity contribution >= 4 is 50.3 Å². The molecule has 22 nitrogen and oxygen atoms in total. The number of carbonyl (C=O) groups is 8. The number of aliphatic hydroxyl groups is 4. The Hall–Kier alpha value is -5.97. The first kappa shape index (κ1) is 76.5. The van der Waals surface area contributed by atoms with E-state index in [9.17, 15) is 58.8 Å². The third-order valence-corrected chi connectivity index (χ3v) is 21.6. The maximum absolute atomic E-state index is 14.7. The van der Waals surface area contributed by atoms with Gasteiger partial charge in [0, 0.05) is 65.9 Å². The molecule has 0 bridgehead atoms. The Morgan fingerprint density at radius 1 is 0.522 bits per heavy atom. The molecule has 1 aromatic carbocycles. The van der Waals surface area contributed by atoms with Gasteiger partial charge < -0.3 is 58.8 Å². The second kappa shape index (κ2) is 32.5. The van der Waals surface area contributed by atoms with Gasteiger partial charge in [-0.1, -0.05) is 93.5 Å². The van der Waals surface area contributed by atoms with Gasteiger partial charge in [0.2, 0.25) is 0 Å². The molecule has 1 heterocycles. The molecule has 2 aliphatic rings. The maximum atomic E-state index is 14.7. The lowest BCUT2D eigenvalue weighted by Gasteiger charge is -2.52. The molecular formula is C68H106N10O12. The number of aromatic nitrogens is 2. The van der Waals surface area contributed by atoms with Gasteiger partial charge in [0.25, 0.3) is 0 Å². The molecular weight excluding hydrogens is 1150 g/mol. The highest BCUT2D eigenvalue weighted by Crippen LogP contribution is 2.53. The first-order valence-electron chi connectivity index (χ1n) is 32.3. The summed E-state index contributed by atoms with van der Waals surface area (Å²) in [6, 6.07) is 9.22. The Bertz CT molecular complexity index is 2760. The summed E-state index contributed by atoms with van der Waals surface area (Å²) in [5.74, 6) is -20.7. The predicted octanol–water partition coefficient (Wildman–Crippen LogP) is 10.6. The van der Waals surface area contributed by atoms with Crippen molar-refractivity contribution in [3.8, 4) is 0 Å². The standard InChI is InChI=1S/C68H106N10O12/c1-39(2)23-53-50(33-81)62(88)28-49(32-80)65(12,75-70)56(26-42(7)8)59(38-86)68(90,29-45-15-17-46(18-16-45)30-78-22-21-60(73-78)47-19-20-47)44(10)58(37-85)67(14,77-72)54(24-40(3)4)51(34-82)61(87)27-48(31-79)64(11,74-69)55(25-41(5)6)52(35-83)63(89)43(9)57(36-84)66(53,13)76-71/h15-18,21-22,31-44,47-59,61-63,69-72,87-90H,19-20,23-30H2,1-14H3. The number of aliphatic hydroxyl groups excluding tert-OH is 3. The van der Waals surface area contributed by atoms with Crippen molar-refractivity contribution in [3.05, 3.63) is 53.3 Å². The monoisotopic (exact) mass is 1250 g/mol. The molecule has 0 spiro atoms. The second-order valence-electron chi connectivity index (χ2n) is 29.3. The van der Waals surface area contributed by atoms with Crippen LogP contribution in [0.25, 0.3) is 0 Å². The van der Waals surface area contributed by atoms with Crippen molar-refractivity contribution in [1.29, 1.82) is 22.1 Å². The molecule has 2 aliphatic carbocycles. The van der Waals surface area contributed by atoms with Crippen molar-refractivity contribution in [2.45, 2.75) is 213 Å². The van der Waals surface area contributed by atoms with Gasteiger partial charge in [-0.15, -0.1) is 0 Å². The van der Waals surface area contributed by atoms with Gasteiger partial charge >= 0.3 is 0 Å². The molecule has 500 valence electrons. The molecule has 2 fully saturated rings. The highest BCUT2D eigenvalue weighted by Gasteiger charge is 2.61. The molecule has 0 amide bonds. The Morgan fingerprint density at radius 3 is 1.27 bits per heavy atom. The highest BCUT2D eigenvalue weighted by molar-refractivity contribution is 5.65. The number of nitrogens with one attached hydrogen (secondary N) is 4. The minimum Gasteiger partial charge on any atom is -0.392 e. The lowest BCUT2D eigenvalue weighted by Crippen LogP contribution is -2.61. The lowest BCUT2D eigenvalue weighted by molar-refractivity contribution is -0.153. The summed E-state index contributed by atoms with van der Waals surface area (Å²) in [6.45, 7) is 23.7. The minimum absolute atomic E-state index is 0.00400. The Labute approximate surface area is 532 Å². The first-order valence-corrected chi connectivity index (χ1v) is 32.3. The smallest absolute Gasteiger partial charge is 0.126 e. The van der Waals surface area contributed by atoms with Crippen LogP contribution in [-0.2, 0) is 51.3 Å². The van der Waals surface area contributed by atoms with Crippen molar-refractivity contribution in [3.63, 3.8) is 0 Å². The molecule has 0 radical (unpaired) electrons. The van der Waals surface area contributed by atoms with Gasteiger partial charge in [0.1, 0.15) is 50.3 Å². The molecule has 1 aromatic heterocycles. The first-order chi connectivity index (χ1) is 42.3. The maximum Gasteiger partial charge on any atom is 0.126 e. The van der Waals surface area contributed by atoms with Crippen LogP contribution in [0, 0.1) is 129 Å². The van der Waals surface area contributed by atoms with E-state index in [1.807, 2.05) is 70.6 Å². The van der Waals surface area contributed by atoms with Gasteiger partial charge in [-0.25, -0.2) is 22.1 Å². The van der Waals surface area contributed by atoms with Gasteiger partial charge in [-0.05, 0) is 155 Å². The molecule has 4 rings (SSSR count). The van der Waals surface area contributed by atoms with Crippen LogP contribution in [0.2, 0.25) is 0 Å². The highest BCUT2D eigenvalue weighted by atomic mass is 16.3. The largest absolute Gasteiger partial charge is 0.392 e. The van der Waals surface area contributed by atoms with E-state index in [0.29, 0.717) is 68.3 Å². The fourth-order valence-electron chi connectivity index (χ4n) is 15.8. The number of nitrogens with zero attached hydrogens (tertiary/aromatic N) is 6. The summed E-state index contributed by atoms with van der Waals surface area (Å²) in [4.78, 5) is 112. The van der Waals surface area contributed by atoms with Gasteiger partial charge in [0.05, 0.1) is 58.3 Å². The number of aldehydes is 8. The summed E-state index contributed by atoms with van der Waals surface area (Å²) in [5.41, 5.74) is 27.8. The average Bonchev–Trinajstić information content (AvgIpc) is 1.07. The SMILES string of the molecule is CC(C)CC1C(C=O)C(O)C(C)C(C=O)C(C)(N=N)C(CC(C)C)C(C=O)C(O)CC(C=O)C(C)(N=N)C(CC(C)C)C(C=O)C(O)(Cc2ccc(Cn3ccc(C4CC4)n3)cc2)C(C)C(C=O)C(C)(N=N)C(CC(C)C)C(C=O)C(O)CC(C=O)C1(C)N=N. The number of carbonyl (C=O) groups excluding carboxylic acids is 8. The minimum atomic E-state index is -2.40. The van der Waals surface area contributed by atoms with Crippen molar-refractivity contribution in [2.75, 3.05) is 0 Å². The quantitative estimate of drug-likeness (QED) is 0.0339. The van der Waals surface area contributed by atoms with Crippen LogP contribution in [-0.4, -0.2) is 127 Å². The number of hydrogen-bond donors (Lipinski definition) is 8. The fourth-order valence-corrected chi connectivity index (χ4v) is 15.8. The normalized spacial score (nSPS) is 38.1. The van der Waals surface area contributed by atoms with Crippen molar-refractivity contribution < 1.29 is 58.8 Å². The van der Waals surface area contributed by atoms with Crippen molar-refractivity contribution in [1.82, 2.24) is 9.78 Å². The van der Waals surface area contributed by atoms with Crippen molar-refractivity contribution in [2.24, 2.45) is 127 Å². The van der Waals surface area contributed by atoms with Gasteiger partial charge in [-0.2, -0.15) is 25.6 Å². The molecule has 0 aliphatic heterocycles. The third kappa shape index (κ3) is 16.4. The van der Waals surface area contributed by atoms with E-state index >= 15 is 0 Å². The van der Waals surface area contributed by atoms with E-state index in [1.54, 1.807) is 26.0 Å². The van der Waals surface area contributed by atoms with Crippen LogP contribution < -0.4 is 0 Å². The van der Waals surface area contributed by atoms with E-state index in [4.69, 9.17) is 27.2 Å². The van der Waals surface area contributed by atoms with Gasteiger partial charge in [-0.3, -0.25) is 4.68 Å². The summed E-state index contributed by atoms with van der Waals surface area (Å²) in [6.07, 6.45) is 0.982.